The number of carboxylic acid groups (broad SMARTS) is 1. The molecule has 6 rings (SSSR count). The van der Waals surface area contributed by atoms with Crippen LogP contribution in [0.1, 0.15) is 65.8 Å². The Kier molecular flexibility index (Phi) is 14.8. The highest BCUT2D eigenvalue weighted by Crippen LogP contribution is 2.42. The van der Waals surface area contributed by atoms with Crippen LogP contribution >= 0.6 is 0 Å². The molecule has 64 heavy (non-hydrogen) atoms. The lowest BCUT2D eigenvalue weighted by atomic mass is 9.81. The Morgan fingerprint density at radius 2 is 1.55 bits per heavy atom. The van der Waals surface area contributed by atoms with Crippen LogP contribution in [0.2, 0.25) is 0 Å². The van der Waals surface area contributed by atoms with E-state index < -0.39 is 41.4 Å². The first-order valence-electron chi connectivity index (χ1n) is 21.1. The quantitative estimate of drug-likeness (QED) is 0.0831. The third-order valence-corrected chi connectivity index (χ3v) is 12.2. The van der Waals surface area contributed by atoms with Crippen molar-refractivity contribution >= 4 is 35.3 Å². The first-order chi connectivity index (χ1) is 30.4. The van der Waals surface area contributed by atoms with Gasteiger partial charge in [0.2, 0.25) is 23.5 Å². The Bertz CT molecular complexity index is 2310. The third kappa shape index (κ3) is 10.9. The van der Waals surface area contributed by atoms with Crippen LogP contribution in [0.4, 0.5) is 23.2 Å². The SMILES string of the molecule is Cc1cc(C(=O)NCC(=O)N2CCC(N(C)C)CC2)ccc1-c1ccc(CC(NC(=O)C2CCC(CN)CC2)C(=O)Nc2ccc(-c3n[nH]c(C(F)(F)C(F)(F)C(=O)O)n3)cc2)cc1. The van der Waals surface area contributed by atoms with Crippen LogP contribution in [0.5, 0.6) is 0 Å². The highest BCUT2D eigenvalue weighted by Gasteiger charge is 2.65. The second-order valence-electron chi connectivity index (χ2n) is 16.7. The van der Waals surface area contributed by atoms with Crippen molar-refractivity contribution in [3.05, 3.63) is 89.2 Å². The molecule has 2 aliphatic rings. The number of aromatic amines is 1. The summed E-state index contributed by atoms with van der Waals surface area (Å²) in [6.07, 6.45) is 4.76. The first kappa shape index (κ1) is 47.3. The monoisotopic (exact) mass is 891 g/mol. The second-order valence-corrected chi connectivity index (χ2v) is 16.7. The summed E-state index contributed by atoms with van der Waals surface area (Å²) in [4.78, 5) is 71.3. The van der Waals surface area contributed by atoms with E-state index in [1.807, 2.05) is 51.4 Å². The number of aliphatic carboxylic acids is 1. The lowest BCUT2D eigenvalue weighted by Crippen LogP contribution is -2.48. The van der Waals surface area contributed by atoms with Gasteiger partial charge < -0.3 is 36.6 Å². The fraction of sp³-hybridized carbons (Fsp3) is 0.444. The summed E-state index contributed by atoms with van der Waals surface area (Å²) in [6, 6.07) is 17.7. The number of carboxylic acids is 1. The number of aryl methyl sites for hydroxylation is 1. The molecule has 1 aromatic heterocycles. The number of nitrogens with one attached hydrogen (secondary N) is 4. The fourth-order valence-electron chi connectivity index (χ4n) is 8.09. The van der Waals surface area contributed by atoms with Gasteiger partial charge in [-0.1, -0.05) is 30.3 Å². The summed E-state index contributed by atoms with van der Waals surface area (Å²) in [5.74, 6) is -16.9. The van der Waals surface area contributed by atoms with E-state index in [-0.39, 0.29) is 47.9 Å². The van der Waals surface area contributed by atoms with Gasteiger partial charge >= 0.3 is 17.8 Å². The number of benzene rings is 3. The smallest absolute Gasteiger partial charge is 0.411 e. The van der Waals surface area contributed by atoms with Crippen molar-refractivity contribution in [3.63, 3.8) is 0 Å². The van der Waals surface area contributed by atoms with Crippen molar-refractivity contribution in [2.45, 2.75) is 75.8 Å². The lowest BCUT2D eigenvalue weighted by molar-refractivity contribution is -0.231. The number of H-pyrrole nitrogens is 1. The van der Waals surface area contributed by atoms with Gasteiger partial charge in [0, 0.05) is 48.3 Å². The molecular formula is C45H53F4N9O6. The summed E-state index contributed by atoms with van der Waals surface area (Å²) in [5.41, 5.74) is 9.91. The van der Waals surface area contributed by atoms with Gasteiger partial charge in [0.15, 0.2) is 5.82 Å². The topological polar surface area (TPSA) is 216 Å². The van der Waals surface area contributed by atoms with Crippen LogP contribution < -0.4 is 21.7 Å². The normalized spacial score (nSPS) is 17.7. The number of nitrogens with zero attached hydrogens (tertiary/aromatic N) is 4. The highest BCUT2D eigenvalue weighted by molar-refractivity contribution is 5.98. The maximum absolute atomic E-state index is 14.3. The van der Waals surface area contributed by atoms with Crippen molar-refractivity contribution in [1.29, 1.82) is 0 Å². The molecule has 0 spiro atoms. The van der Waals surface area contributed by atoms with Gasteiger partial charge in [0.25, 0.3) is 5.91 Å². The number of nitrogens with two attached hydrogens (primary N) is 1. The molecule has 3 aromatic carbocycles. The number of carbonyl (C=O) groups excluding carboxylic acids is 4. The molecule has 15 nitrogen and oxygen atoms in total. The zero-order valence-corrected chi connectivity index (χ0v) is 35.8. The number of piperidine rings is 1. The Morgan fingerprint density at radius 3 is 2.14 bits per heavy atom. The zero-order valence-electron chi connectivity index (χ0n) is 35.8. The number of amides is 4. The summed E-state index contributed by atoms with van der Waals surface area (Å²) >= 11 is 0. The van der Waals surface area contributed by atoms with E-state index in [1.54, 1.807) is 22.1 Å². The number of anilines is 1. The Balaban J connectivity index is 1.11. The molecule has 342 valence electrons. The number of hydrogen-bond donors (Lipinski definition) is 6. The van der Waals surface area contributed by atoms with Crippen LogP contribution in [0.3, 0.4) is 0 Å². The van der Waals surface area contributed by atoms with Crippen LogP contribution in [-0.2, 0) is 31.5 Å². The molecule has 1 unspecified atom stereocenters. The number of likely N-dealkylation sites (tertiary alicyclic amines) is 1. The molecule has 1 aliphatic heterocycles. The van der Waals surface area contributed by atoms with Crippen molar-refractivity contribution in [3.8, 4) is 22.5 Å². The maximum Gasteiger partial charge on any atom is 0.411 e. The Hall–Kier alpha value is -6.21. The summed E-state index contributed by atoms with van der Waals surface area (Å²) < 4.78 is 56.0. The van der Waals surface area contributed by atoms with Crippen molar-refractivity contribution in [1.82, 2.24) is 35.6 Å². The van der Waals surface area contributed by atoms with Gasteiger partial charge in [0.1, 0.15) is 6.04 Å². The lowest BCUT2D eigenvalue weighted by Gasteiger charge is -2.35. The molecule has 4 amide bonds. The van der Waals surface area contributed by atoms with Gasteiger partial charge in [0.05, 0.1) is 6.54 Å². The average molecular weight is 892 g/mol. The molecule has 0 radical (unpaired) electrons. The third-order valence-electron chi connectivity index (χ3n) is 12.2. The van der Waals surface area contributed by atoms with E-state index in [1.165, 1.54) is 24.3 Å². The number of hydrogen-bond acceptors (Lipinski definition) is 9. The largest absolute Gasteiger partial charge is 0.477 e. The molecule has 1 aliphatic carbocycles. The number of carbonyl (C=O) groups is 5. The fourth-order valence-corrected chi connectivity index (χ4v) is 8.09. The van der Waals surface area contributed by atoms with E-state index in [0.29, 0.717) is 50.0 Å². The summed E-state index contributed by atoms with van der Waals surface area (Å²) in [6.45, 7) is 3.64. The van der Waals surface area contributed by atoms with Gasteiger partial charge in [-0.3, -0.25) is 24.3 Å². The molecule has 1 saturated heterocycles. The molecule has 1 atom stereocenters. The standard InChI is InChI=1S/C45H53F4N9O6/c1-26-22-32(39(60)51-25-37(59)58-20-18-34(19-21-58)57(2)3)14-17-35(26)29-8-4-27(5-9-29)23-36(53-40(61)31-10-6-28(24-50)7-11-31)41(62)52-33-15-12-30(13-16-33)38-54-42(56-55-38)44(46,47)45(48,49)43(63)64/h4-5,8-9,12-17,22,28,31,34,36H,6-7,10-11,18-21,23-25,50H2,1-3H3,(H,51,60)(H,52,62)(H,53,61)(H,63,64)(H,54,55,56). The van der Waals surface area contributed by atoms with E-state index in [2.05, 4.69) is 30.9 Å². The first-order valence-corrected chi connectivity index (χ1v) is 21.1. The second kappa shape index (κ2) is 20.1. The van der Waals surface area contributed by atoms with Gasteiger partial charge in [-0.05, 0) is 131 Å². The van der Waals surface area contributed by atoms with Crippen molar-refractivity contribution < 1.29 is 46.6 Å². The van der Waals surface area contributed by atoms with Gasteiger partial charge in [-0.25, -0.2) is 9.78 Å². The molecular weight excluding hydrogens is 839 g/mol. The minimum absolute atomic E-state index is 0.0861. The maximum atomic E-state index is 14.3. The van der Waals surface area contributed by atoms with Crippen molar-refractivity contribution in [2.75, 3.05) is 45.6 Å². The summed E-state index contributed by atoms with van der Waals surface area (Å²) in [5, 5.41) is 22.3. The van der Waals surface area contributed by atoms with E-state index in [4.69, 9.17) is 10.8 Å². The van der Waals surface area contributed by atoms with Gasteiger partial charge in [-0.2, -0.15) is 22.7 Å². The number of rotatable bonds is 16. The van der Waals surface area contributed by atoms with Crippen LogP contribution in [0, 0.1) is 18.8 Å². The number of alkyl halides is 4. The van der Waals surface area contributed by atoms with Crippen LogP contribution in [0.25, 0.3) is 22.5 Å². The molecule has 0 bridgehead atoms. The molecule has 19 heteroatoms. The zero-order chi connectivity index (χ0) is 46.3. The molecule has 2 fully saturated rings. The summed E-state index contributed by atoms with van der Waals surface area (Å²) in [7, 11) is 4.06. The van der Waals surface area contributed by atoms with E-state index in [9.17, 15) is 41.5 Å². The molecule has 7 N–H and O–H groups in total. The molecule has 4 aromatic rings. The Labute approximate surface area is 367 Å². The molecule has 2 heterocycles. The number of aromatic nitrogens is 3. The number of halogens is 4. The van der Waals surface area contributed by atoms with Crippen molar-refractivity contribution in [2.24, 2.45) is 17.6 Å². The minimum Gasteiger partial charge on any atom is -0.477 e. The predicted octanol–water partition coefficient (Wildman–Crippen LogP) is 4.97. The van der Waals surface area contributed by atoms with E-state index >= 15 is 0 Å². The Morgan fingerprint density at radius 1 is 0.906 bits per heavy atom. The van der Waals surface area contributed by atoms with E-state index in [0.717, 1.165) is 47.9 Å². The van der Waals surface area contributed by atoms with Crippen LogP contribution in [-0.4, -0.2) is 118 Å². The average Bonchev–Trinajstić information content (AvgIpc) is 3.80. The van der Waals surface area contributed by atoms with Gasteiger partial charge in [-0.15, -0.1) is 0 Å². The highest BCUT2D eigenvalue weighted by atomic mass is 19.3. The molecule has 1 saturated carbocycles. The predicted molar refractivity (Wildman–Crippen MR) is 229 cm³/mol. The minimum atomic E-state index is -5.45. The van der Waals surface area contributed by atoms with Crippen LogP contribution in [0.15, 0.2) is 66.7 Å².